The fourth-order valence-electron chi connectivity index (χ4n) is 2.55. The van der Waals surface area contributed by atoms with E-state index in [1.54, 1.807) is 7.11 Å². The Labute approximate surface area is 114 Å². The maximum absolute atomic E-state index is 12.7. The summed E-state index contributed by atoms with van der Waals surface area (Å²) in [6.45, 7) is 6.77. The number of hydrogen-bond acceptors (Lipinski definition) is 3. The van der Waals surface area contributed by atoms with E-state index in [2.05, 4.69) is 19.2 Å². The van der Waals surface area contributed by atoms with Crippen LogP contribution in [0.15, 0.2) is 24.3 Å². The molecule has 0 aliphatic carbocycles. The number of amides is 1. The minimum absolute atomic E-state index is 0.0673. The SMILES string of the molecule is COc1ccccc1C(=O)N1CCNCC1C(C)C. The molecule has 1 unspecified atom stereocenters. The highest BCUT2D eigenvalue weighted by atomic mass is 16.5. The first-order valence-electron chi connectivity index (χ1n) is 6.80. The monoisotopic (exact) mass is 262 g/mol. The predicted octanol–water partition coefficient (Wildman–Crippen LogP) is 1.77. The average molecular weight is 262 g/mol. The van der Waals surface area contributed by atoms with Crippen LogP contribution in [0.3, 0.4) is 0 Å². The van der Waals surface area contributed by atoms with Crippen LogP contribution >= 0.6 is 0 Å². The highest BCUT2D eigenvalue weighted by Crippen LogP contribution is 2.22. The second kappa shape index (κ2) is 6.06. The molecular weight excluding hydrogens is 240 g/mol. The number of nitrogens with zero attached hydrogens (tertiary/aromatic N) is 1. The van der Waals surface area contributed by atoms with Crippen molar-refractivity contribution in [1.29, 1.82) is 0 Å². The minimum Gasteiger partial charge on any atom is -0.496 e. The Balaban J connectivity index is 2.26. The predicted molar refractivity (Wildman–Crippen MR) is 75.5 cm³/mol. The molecule has 1 aromatic carbocycles. The van der Waals surface area contributed by atoms with Crippen LogP contribution in [0.1, 0.15) is 24.2 Å². The molecule has 1 fully saturated rings. The van der Waals surface area contributed by atoms with Gasteiger partial charge in [0.25, 0.3) is 5.91 Å². The Hall–Kier alpha value is -1.55. The van der Waals surface area contributed by atoms with Gasteiger partial charge in [0.05, 0.1) is 12.7 Å². The molecule has 1 N–H and O–H groups in total. The number of rotatable bonds is 3. The van der Waals surface area contributed by atoms with Crippen molar-refractivity contribution in [3.8, 4) is 5.75 Å². The molecule has 1 atom stereocenters. The van der Waals surface area contributed by atoms with E-state index < -0.39 is 0 Å². The molecule has 0 spiro atoms. The average Bonchev–Trinajstić information content (AvgIpc) is 2.46. The first-order valence-corrected chi connectivity index (χ1v) is 6.80. The van der Waals surface area contributed by atoms with Gasteiger partial charge in [0.2, 0.25) is 0 Å². The third kappa shape index (κ3) is 2.89. The van der Waals surface area contributed by atoms with Gasteiger partial charge in [0.1, 0.15) is 5.75 Å². The van der Waals surface area contributed by atoms with Crippen molar-refractivity contribution < 1.29 is 9.53 Å². The second-order valence-corrected chi connectivity index (χ2v) is 5.21. The zero-order chi connectivity index (χ0) is 13.8. The number of benzene rings is 1. The summed E-state index contributed by atoms with van der Waals surface area (Å²) in [5.74, 6) is 1.15. The molecule has 0 saturated carbocycles. The lowest BCUT2D eigenvalue weighted by atomic mass is 9.99. The first-order chi connectivity index (χ1) is 9.15. The smallest absolute Gasteiger partial charge is 0.257 e. The van der Waals surface area contributed by atoms with Crippen LogP contribution in [0.25, 0.3) is 0 Å². The summed E-state index contributed by atoms with van der Waals surface area (Å²) in [5.41, 5.74) is 0.651. The van der Waals surface area contributed by atoms with Crippen LogP contribution in [0.4, 0.5) is 0 Å². The lowest BCUT2D eigenvalue weighted by Gasteiger charge is -2.38. The summed E-state index contributed by atoms with van der Waals surface area (Å²) in [6.07, 6.45) is 0. The van der Waals surface area contributed by atoms with Gasteiger partial charge in [-0.05, 0) is 18.1 Å². The van der Waals surface area contributed by atoms with Gasteiger partial charge in [-0.1, -0.05) is 26.0 Å². The van der Waals surface area contributed by atoms with Gasteiger partial charge in [-0.25, -0.2) is 0 Å². The van der Waals surface area contributed by atoms with E-state index in [1.165, 1.54) is 0 Å². The summed E-state index contributed by atoms with van der Waals surface area (Å²) in [4.78, 5) is 14.7. The molecule has 4 nitrogen and oxygen atoms in total. The number of carbonyl (C=O) groups is 1. The fraction of sp³-hybridized carbons (Fsp3) is 0.533. The molecule has 1 aromatic rings. The summed E-state index contributed by atoms with van der Waals surface area (Å²) in [6, 6.07) is 7.67. The van der Waals surface area contributed by atoms with Crippen LogP contribution in [-0.2, 0) is 0 Å². The quantitative estimate of drug-likeness (QED) is 0.902. The van der Waals surface area contributed by atoms with Crippen molar-refractivity contribution in [2.75, 3.05) is 26.7 Å². The zero-order valence-electron chi connectivity index (χ0n) is 11.8. The maximum atomic E-state index is 12.7. The fourth-order valence-corrected chi connectivity index (χ4v) is 2.55. The molecule has 1 saturated heterocycles. The van der Waals surface area contributed by atoms with Crippen LogP contribution in [0.5, 0.6) is 5.75 Å². The first kappa shape index (κ1) is 13.9. The lowest BCUT2D eigenvalue weighted by molar-refractivity contribution is 0.0570. The van der Waals surface area contributed by atoms with Crippen molar-refractivity contribution in [2.24, 2.45) is 5.92 Å². The molecular formula is C15H22N2O2. The van der Waals surface area contributed by atoms with E-state index in [0.717, 1.165) is 19.6 Å². The molecule has 104 valence electrons. The Bertz CT molecular complexity index is 446. The van der Waals surface area contributed by atoms with Gasteiger partial charge in [-0.15, -0.1) is 0 Å². The summed E-state index contributed by atoms with van der Waals surface area (Å²) >= 11 is 0. The van der Waals surface area contributed by atoms with E-state index in [9.17, 15) is 4.79 Å². The van der Waals surface area contributed by atoms with Crippen LogP contribution in [0, 0.1) is 5.92 Å². The van der Waals surface area contributed by atoms with Crippen molar-refractivity contribution in [3.63, 3.8) is 0 Å². The maximum Gasteiger partial charge on any atom is 0.257 e. The molecule has 4 heteroatoms. The van der Waals surface area contributed by atoms with Gasteiger partial charge >= 0.3 is 0 Å². The number of piperazine rings is 1. The normalized spacial score (nSPS) is 19.6. The van der Waals surface area contributed by atoms with E-state index in [-0.39, 0.29) is 11.9 Å². The van der Waals surface area contributed by atoms with Crippen molar-refractivity contribution in [3.05, 3.63) is 29.8 Å². The van der Waals surface area contributed by atoms with E-state index in [4.69, 9.17) is 4.74 Å². The highest BCUT2D eigenvalue weighted by Gasteiger charge is 2.30. The van der Waals surface area contributed by atoms with Crippen molar-refractivity contribution >= 4 is 5.91 Å². The number of nitrogens with one attached hydrogen (secondary N) is 1. The second-order valence-electron chi connectivity index (χ2n) is 5.21. The minimum atomic E-state index is 0.0673. The Morgan fingerprint density at radius 1 is 1.42 bits per heavy atom. The van der Waals surface area contributed by atoms with E-state index >= 15 is 0 Å². The number of carbonyl (C=O) groups excluding carboxylic acids is 1. The van der Waals surface area contributed by atoms with Gasteiger partial charge in [-0.2, -0.15) is 0 Å². The third-order valence-corrected chi connectivity index (χ3v) is 3.65. The van der Waals surface area contributed by atoms with Crippen molar-refractivity contribution in [1.82, 2.24) is 10.2 Å². The topological polar surface area (TPSA) is 41.6 Å². The number of ether oxygens (including phenoxy) is 1. The molecule has 1 heterocycles. The van der Waals surface area contributed by atoms with Crippen LogP contribution in [-0.4, -0.2) is 43.6 Å². The molecule has 0 radical (unpaired) electrons. The summed E-state index contributed by atoms with van der Waals surface area (Å²) in [7, 11) is 1.60. The molecule has 1 aliphatic rings. The number of methoxy groups -OCH3 is 1. The lowest BCUT2D eigenvalue weighted by Crippen LogP contribution is -2.55. The molecule has 1 aliphatic heterocycles. The number of para-hydroxylation sites is 1. The highest BCUT2D eigenvalue weighted by molar-refractivity contribution is 5.97. The largest absolute Gasteiger partial charge is 0.496 e. The molecule has 1 amide bonds. The summed E-state index contributed by atoms with van der Waals surface area (Å²) < 4.78 is 5.29. The molecule has 0 bridgehead atoms. The van der Waals surface area contributed by atoms with Crippen LogP contribution < -0.4 is 10.1 Å². The van der Waals surface area contributed by atoms with E-state index in [1.807, 2.05) is 29.2 Å². The third-order valence-electron chi connectivity index (χ3n) is 3.65. The number of hydrogen-bond donors (Lipinski definition) is 1. The summed E-state index contributed by atoms with van der Waals surface area (Å²) in [5, 5.41) is 3.36. The Morgan fingerprint density at radius 3 is 2.84 bits per heavy atom. The van der Waals surface area contributed by atoms with Gasteiger partial charge in [-0.3, -0.25) is 4.79 Å². The zero-order valence-corrected chi connectivity index (χ0v) is 11.8. The van der Waals surface area contributed by atoms with Crippen LogP contribution in [0.2, 0.25) is 0 Å². The standard InChI is InChI=1S/C15H22N2O2/c1-11(2)13-10-16-8-9-17(13)15(18)12-6-4-5-7-14(12)19-3/h4-7,11,13,16H,8-10H2,1-3H3. The van der Waals surface area contributed by atoms with Crippen molar-refractivity contribution in [2.45, 2.75) is 19.9 Å². The molecule has 0 aromatic heterocycles. The Kier molecular flexibility index (Phi) is 4.43. The van der Waals surface area contributed by atoms with Gasteiger partial charge in [0.15, 0.2) is 0 Å². The molecule has 19 heavy (non-hydrogen) atoms. The van der Waals surface area contributed by atoms with E-state index in [0.29, 0.717) is 17.2 Å². The Morgan fingerprint density at radius 2 is 2.16 bits per heavy atom. The molecule has 2 rings (SSSR count). The van der Waals surface area contributed by atoms with Gasteiger partial charge < -0.3 is 15.0 Å². The van der Waals surface area contributed by atoms with Gasteiger partial charge in [0, 0.05) is 25.7 Å².